The zero-order valence-electron chi connectivity index (χ0n) is 5.16. The molecule has 0 radical (unpaired) electrons. The van der Waals surface area contributed by atoms with Gasteiger partial charge in [-0.05, 0) is 0 Å². The van der Waals surface area contributed by atoms with Crippen molar-refractivity contribution in [3.8, 4) is 0 Å². The first kappa shape index (κ1) is 6.80. The van der Waals surface area contributed by atoms with Gasteiger partial charge in [-0.3, -0.25) is 4.79 Å². The highest BCUT2D eigenvalue weighted by atomic mass is 16.5. The van der Waals surface area contributed by atoms with E-state index >= 15 is 0 Å². The summed E-state index contributed by atoms with van der Waals surface area (Å²) in [6, 6.07) is 0. The Morgan fingerprint density at radius 1 is 1.60 bits per heavy atom. The van der Waals surface area contributed by atoms with Crippen LogP contribution in [0.3, 0.4) is 0 Å². The molecule has 1 fully saturated rings. The van der Waals surface area contributed by atoms with Gasteiger partial charge in [-0.2, -0.15) is 0 Å². The second kappa shape index (κ2) is 2.51. The summed E-state index contributed by atoms with van der Waals surface area (Å²) in [6.07, 6.45) is 1.61. The van der Waals surface area contributed by atoms with Crippen LogP contribution in [0.15, 0.2) is 11.8 Å². The van der Waals surface area contributed by atoms with Crippen LogP contribution in [0.1, 0.15) is 12.8 Å². The number of esters is 1. The van der Waals surface area contributed by atoms with E-state index < -0.39 is 5.97 Å². The number of ether oxygens (including phenoxy) is 1. The molecular weight excluding hydrogens is 136 g/mol. The van der Waals surface area contributed by atoms with E-state index in [1.807, 2.05) is 0 Å². The lowest BCUT2D eigenvalue weighted by atomic mass is 10.3. The Balaban J connectivity index is 2.59. The molecule has 0 atom stereocenters. The Kier molecular flexibility index (Phi) is 1.71. The van der Waals surface area contributed by atoms with Crippen molar-refractivity contribution >= 4 is 11.9 Å². The molecule has 1 rings (SSSR count). The van der Waals surface area contributed by atoms with Gasteiger partial charge in [-0.15, -0.1) is 0 Å². The van der Waals surface area contributed by atoms with Gasteiger partial charge in [0.25, 0.3) is 0 Å². The zero-order valence-corrected chi connectivity index (χ0v) is 5.16. The molecular formula is C6H6O4. The van der Waals surface area contributed by atoms with Crippen LogP contribution in [0.4, 0.5) is 0 Å². The Morgan fingerprint density at radius 3 is 2.70 bits per heavy atom. The molecule has 1 aliphatic heterocycles. The molecule has 4 nitrogen and oxygen atoms in total. The van der Waals surface area contributed by atoms with Crippen molar-refractivity contribution in [2.75, 3.05) is 0 Å². The Hall–Kier alpha value is -1.32. The average molecular weight is 142 g/mol. The lowest BCUT2D eigenvalue weighted by Crippen LogP contribution is -1.93. The van der Waals surface area contributed by atoms with Crippen LogP contribution in [0.5, 0.6) is 0 Å². The van der Waals surface area contributed by atoms with Crippen molar-refractivity contribution in [3.63, 3.8) is 0 Å². The number of aliphatic carboxylic acids is 1. The topological polar surface area (TPSA) is 63.6 Å². The van der Waals surface area contributed by atoms with Crippen molar-refractivity contribution in [2.45, 2.75) is 12.8 Å². The first-order valence-corrected chi connectivity index (χ1v) is 2.82. The van der Waals surface area contributed by atoms with Crippen LogP contribution in [0, 0.1) is 0 Å². The summed E-state index contributed by atoms with van der Waals surface area (Å²) in [5.41, 5.74) is 0. The van der Waals surface area contributed by atoms with Crippen LogP contribution in [-0.2, 0) is 14.3 Å². The minimum absolute atomic E-state index is 0.248. The van der Waals surface area contributed by atoms with E-state index in [-0.39, 0.29) is 11.7 Å². The molecule has 54 valence electrons. The minimum Gasteiger partial charge on any atom is -0.478 e. The Bertz CT molecular complexity index is 204. The maximum atomic E-state index is 10.4. The number of carbonyl (C=O) groups excluding carboxylic acids is 1. The van der Waals surface area contributed by atoms with Crippen LogP contribution in [-0.4, -0.2) is 17.0 Å². The third-order valence-electron chi connectivity index (χ3n) is 1.10. The molecule has 0 spiro atoms. The number of hydrogen-bond donors (Lipinski definition) is 1. The summed E-state index contributed by atoms with van der Waals surface area (Å²) in [5, 5.41) is 8.19. The highest BCUT2D eigenvalue weighted by Crippen LogP contribution is 2.16. The number of cyclic esters (lactones) is 1. The summed E-state index contributed by atoms with van der Waals surface area (Å²) in [6.45, 7) is 0. The van der Waals surface area contributed by atoms with Gasteiger partial charge in [-0.25, -0.2) is 4.79 Å². The van der Waals surface area contributed by atoms with Crippen LogP contribution in [0.2, 0.25) is 0 Å². The van der Waals surface area contributed by atoms with E-state index in [1.54, 1.807) is 0 Å². The molecule has 4 heteroatoms. The van der Waals surface area contributed by atoms with Crippen LogP contribution >= 0.6 is 0 Å². The molecule has 0 saturated carbocycles. The Labute approximate surface area is 57.1 Å². The van der Waals surface area contributed by atoms with E-state index in [9.17, 15) is 9.59 Å². The highest BCUT2D eigenvalue weighted by molar-refractivity contribution is 5.82. The normalized spacial score (nSPS) is 21.2. The van der Waals surface area contributed by atoms with E-state index in [4.69, 9.17) is 5.11 Å². The first-order chi connectivity index (χ1) is 4.68. The molecule has 0 aromatic rings. The summed E-state index contributed by atoms with van der Waals surface area (Å²) >= 11 is 0. The number of hydrogen-bond acceptors (Lipinski definition) is 3. The molecule has 10 heavy (non-hydrogen) atoms. The van der Waals surface area contributed by atoms with Crippen molar-refractivity contribution in [2.24, 2.45) is 0 Å². The SMILES string of the molecule is O=C(O)/C=C1/CCC(=O)O1. The van der Waals surface area contributed by atoms with Crippen LogP contribution < -0.4 is 0 Å². The van der Waals surface area contributed by atoms with E-state index in [2.05, 4.69) is 4.74 Å². The lowest BCUT2D eigenvalue weighted by molar-refractivity contribution is -0.135. The average Bonchev–Trinajstić information content (AvgIpc) is 2.13. The van der Waals surface area contributed by atoms with Gasteiger partial charge in [0, 0.05) is 6.42 Å². The van der Waals surface area contributed by atoms with Gasteiger partial charge in [0.15, 0.2) is 0 Å². The first-order valence-electron chi connectivity index (χ1n) is 2.82. The highest BCUT2D eigenvalue weighted by Gasteiger charge is 2.17. The monoisotopic (exact) mass is 142 g/mol. The third kappa shape index (κ3) is 1.58. The fraction of sp³-hybridized carbons (Fsp3) is 0.333. The molecule has 0 unspecified atom stereocenters. The standard InChI is InChI=1S/C6H6O4/c7-5(8)3-4-1-2-6(9)10-4/h3H,1-2H2,(H,7,8)/b4-3-. The molecule has 1 aliphatic rings. The van der Waals surface area contributed by atoms with Gasteiger partial charge in [0.1, 0.15) is 5.76 Å². The van der Waals surface area contributed by atoms with Crippen molar-refractivity contribution in [1.29, 1.82) is 0 Å². The number of carbonyl (C=O) groups is 2. The van der Waals surface area contributed by atoms with Crippen molar-refractivity contribution < 1.29 is 19.4 Å². The van der Waals surface area contributed by atoms with Gasteiger partial charge < -0.3 is 9.84 Å². The second-order valence-electron chi connectivity index (χ2n) is 1.92. The molecule has 0 aliphatic carbocycles. The third-order valence-corrected chi connectivity index (χ3v) is 1.10. The number of carboxylic acid groups (broad SMARTS) is 1. The largest absolute Gasteiger partial charge is 0.478 e. The van der Waals surface area contributed by atoms with Gasteiger partial charge in [-0.1, -0.05) is 0 Å². The number of rotatable bonds is 1. The van der Waals surface area contributed by atoms with E-state index in [0.717, 1.165) is 6.08 Å². The molecule has 1 N–H and O–H groups in total. The second-order valence-corrected chi connectivity index (χ2v) is 1.92. The minimum atomic E-state index is -1.08. The predicted octanol–water partition coefficient (Wildman–Crippen LogP) is 0.292. The van der Waals surface area contributed by atoms with E-state index in [1.165, 1.54) is 0 Å². The Morgan fingerprint density at radius 2 is 2.30 bits per heavy atom. The molecule has 0 amide bonds. The summed E-state index contributed by atoms with van der Waals surface area (Å²) in [4.78, 5) is 20.4. The predicted molar refractivity (Wildman–Crippen MR) is 31.0 cm³/mol. The zero-order chi connectivity index (χ0) is 7.56. The molecule has 0 bridgehead atoms. The van der Waals surface area contributed by atoms with Crippen LogP contribution in [0.25, 0.3) is 0 Å². The van der Waals surface area contributed by atoms with Gasteiger partial charge in [0.05, 0.1) is 12.5 Å². The number of carboxylic acids is 1. The smallest absolute Gasteiger partial charge is 0.331 e. The maximum Gasteiger partial charge on any atom is 0.331 e. The lowest BCUT2D eigenvalue weighted by Gasteiger charge is -1.90. The van der Waals surface area contributed by atoms with Crippen molar-refractivity contribution in [3.05, 3.63) is 11.8 Å². The molecule has 1 heterocycles. The fourth-order valence-corrected chi connectivity index (χ4v) is 0.713. The van der Waals surface area contributed by atoms with Crippen molar-refractivity contribution in [1.82, 2.24) is 0 Å². The summed E-state index contributed by atoms with van der Waals surface area (Å²) in [5.74, 6) is -1.19. The summed E-state index contributed by atoms with van der Waals surface area (Å²) in [7, 11) is 0. The fourth-order valence-electron chi connectivity index (χ4n) is 0.713. The van der Waals surface area contributed by atoms with E-state index in [0.29, 0.717) is 12.8 Å². The molecule has 0 aromatic heterocycles. The molecule has 1 saturated heterocycles. The summed E-state index contributed by atoms with van der Waals surface area (Å²) < 4.78 is 4.51. The van der Waals surface area contributed by atoms with Gasteiger partial charge in [0.2, 0.25) is 0 Å². The molecule has 0 aromatic carbocycles. The maximum absolute atomic E-state index is 10.4. The van der Waals surface area contributed by atoms with Gasteiger partial charge >= 0.3 is 11.9 Å². The number of allylic oxidation sites excluding steroid dienone is 1. The quantitative estimate of drug-likeness (QED) is 0.422.